The van der Waals surface area contributed by atoms with Crippen LogP contribution in [-0.4, -0.2) is 20.3 Å². The van der Waals surface area contributed by atoms with E-state index in [0.717, 1.165) is 44.7 Å². The van der Waals surface area contributed by atoms with E-state index in [1.54, 1.807) is 11.8 Å². The second-order valence-electron chi connectivity index (χ2n) is 5.01. The molecule has 0 aliphatic carbocycles. The van der Waals surface area contributed by atoms with Gasteiger partial charge in [-0.25, -0.2) is 0 Å². The van der Waals surface area contributed by atoms with Gasteiger partial charge in [-0.15, -0.1) is 10.2 Å². The summed E-state index contributed by atoms with van der Waals surface area (Å²) in [5, 5.41) is 16.3. The Balaban J connectivity index is 1.53. The molecule has 0 saturated heterocycles. The van der Waals surface area contributed by atoms with E-state index >= 15 is 0 Å². The number of halogens is 1. The second-order valence-corrected chi connectivity index (χ2v) is 8.12. The molecule has 2 aromatic heterocycles. The van der Waals surface area contributed by atoms with Gasteiger partial charge in [0.1, 0.15) is 0 Å². The average Bonchev–Trinajstić information content (AvgIpc) is 3.20. The highest BCUT2D eigenvalue weighted by Gasteiger charge is 2.10. The van der Waals surface area contributed by atoms with Gasteiger partial charge in [0.25, 0.3) is 0 Å². The van der Waals surface area contributed by atoms with Crippen LogP contribution < -0.4 is 5.32 Å². The molecule has 9 heteroatoms. The molecule has 1 aromatic carbocycles. The van der Waals surface area contributed by atoms with Gasteiger partial charge in [0, 0.05) is 16.6 Å². The van der Waals surface area contributed by atoms with Crippen molar-refractivity contribution in [3.63, 3.8) is 0 Å². The van der Waals surface area contributed by atoms with Crippen molar-refractivity contribution in [3.05, 3.63) is 40.5 Å². The summed E-state index contributed by atoms with van der Waals surface area (Å²) in [4.78, 5) is 4.38. The van der Waals surface area contributed by atoms with Crippen LogP contribution in [0.5, 0.6) is 0 Å². The van der Waals surface area contributed by atoms with Gasteiger partial charge in [-0.05, 0) is 24.6 Å². The molecule has 0 fully saturated rings. The summed E-state index contributed by atoms with van der Waals surface area (Å²) in [6.07, 6.45) is 3.06. The lowest BCUT2D eigenvalue weighted by Gasteiger charge is -2.01. The number of benzene rings is 1. The van der Waals surface area contributed by atoms with Crippen molar-refractivity contribution in [2.45, 2.75) is 36.3 Å². The van der Waals surface area contributed by atoms with Crippen molar-refractivity contribution in [1.29, 1.82) is 0 Å². The van der Waals surface area contributed by atoms with E-state index in [9.17, 15) is 0 Å². The van der Waals surface area contributed by atoms with Crippen molar-refractivity contribution < 1.29 is 4.52 Å². The zero-order chi connectivity index (χ0) is 16.8. The predicted octanol–water partition coefficient (Wildman–Crippen LogP) is 5.06. The third kappa shape index (κ3) is 5.02. The van der Waals surface area contributed by atoms with Crippen molar-refractivity contribution >= 4 is 49.8 Å². The fraction of sp³-hybridized carbons (Fsp3) is 0.333. The highest BCUT2D eigenvalue weighted by atomic mass is 79.9. The van der Waals surface area contributed by atoms with E-state index in [1.165, 1.54) is 11.3 Å². The van der Waals surface area contributed by atoms with Crippen LogP contribution in [0, 0.1) is 0 Å². The maximum Gasteiger partial charge on any atom is 0.237 e. The largest absolute Gasteiger partial charge is 0.338 e. The zero-order valence-electron chi connectivity index (χ0n) is 13.0. The third-order valence-electron chi connectivity index (χ3n) is 3.07. The molecule has 3 aromatic rings. The number of hydrogen-bond donors (Lipinski definition) is 1. The Morgan fingerprint density at radius 2 is 2.25 bits per heavy atom. The summed E-state index contributed by atoms with van der Waals surface area (Å²) in [6, 6.07) is 7.92. The summed E-state index contributed by atoms with van der Waals surface area (Å²) in [7, 11) is 0. The number of hydrogen-bond acceptors (Lipinski definition) is 8. The lowest BCUT2D eigenvalue weighted by molar-refractivity contribution is 0.384. The van der Waals surface area contributed by atoms with Crippen molar-refractivity contribution in [1.82, 2.24) is 20.3 Å². The molecular weight excluding hydrogens is 410 g/mol. The molecule has 0 aliphatic rings. The maximum atomic E-state index is 5.25. The molecule has 1 N–H and O–H groups in total. The van der Waals surface area contributed by atoms with Gasteiger partial charge in [0.2, 0.25) is 11.0 Å². The first-order valence-corrected chi connectivity index (χ1v) is 10.1. The van der Waals surface area contributed by atoms with Gasteiger partial charge in [-0.1, -0.05) is 63.6 Å². The Kier molecular flexibility index (Phi) is 6.22. The monoisotopic (exact) mass is 425 g/mol. The van der Waals surface area contributed by atoms with Crippen LogP contribution in [0.25, 0.3) is 0 Å². The number of nitrogens with zero attached hydrogens (tertiary/aromatic N) is 4. The molecule has 0 radical (unpaired) electrons. The van der Waals surface area contributed by atoms with Crippen LogP contribution in [-0.2, 0) is 12.2 Å². The predicted molar refractivity (Wildman–Crippen MR) is 99.8 cm³/mol. The van der Waals surface area contributed by atoms with Gasteiger partial charge < -0.3 is 9.84 Å². The Labute approximate surface area is 156 Å². The summed E-state index contributed by atoms with van der Waals surface area (Å²) >= 11 is 6.49. The first-order chi connectivity index (χ1) is 11.7. The highest BCUT2D eigenvalue weighted by molar-refractivity contribution is 9.10. The van der Waals surface area contributed by atoms with Crippen LogP contribution >= 0.6 is 39.0 Å². The number of anilines is 2. The molecule has 24 heavy (non-hydrogen) atoms. The van der Waals surface area contributed by atoms with Gasteiger partial charge in [-0.3, -0.25) is 0 Å². The van der Waals surface area contributed by atoms with Crippen molar-refractivity contribution in [3.8, 4) is 0 Å². The molecule has 0 atom stereocenters. The smallest absolute Gasteiger partial charge is 0.237 e. The molecule has 0 unspecified atom stereocenters. The minimum atomic E-state index is 0.602. The summed E-state index contributed by atoms with van der Waals surface area (Å²) in [6.45, 7) is 2.14. The summed E-state index contributed by atoms with van der Waals surface area (Å²) in [5.41, 5.74) is 0.967. The van der Waals surface area contributed by atoms with E-state index in [2.05, 4.69) is 48.5 Å². The van der Waals surface area contributed by atoms with Gasteiger partial charge in [-0.2, -0.15) is 4.98 Å². The normalized spacial score (nSPS) is 10.9. The number of unbranched alkanes of at least 4 members (excludes halogenated alkanes) is 1. The van der Waals surface area contributed by atoms with E-state index in [0.29, 0.717) is 11.6 Å². The van der Waals surface area contributed by atoms with E-state index in [4.69, 9.17) is 4.52 Å². The molecule has 0 amide bonds. The topological polar surface area (TPSA) is 76.7 Å². The van der Waals surface area contributed by atoms with Gasteiger partial charge in [0.15, 0.2) is 10.2 Å². The van der Waals surface area contributed by atoms with Crippen molar-refractivity contribution in [2.24, 2.45) is 0 Å². The molecule has 3 rings (SSSR count). The SMILES string of the molecule is CCCCc1noc(CSc2nnc(Nc3cccc(Br)c3)s2)n1. The van der Waals surface area contributed by atoms with E-state index in [1.807, 2.05) is 24.3 Å². The lowest BCUT2D eigenvalue weighted by Crippen LogP contribution is -1.88. The number of thioether (sulfide) groups is 1. The maximum absolute atomic E-state index is 5.25. The van der Waals surface area contributed by atoms with Crippen LogP contribution in [0.4, 0.5) is 10.8 Å². The lowest BCUT2D eigenvalue weighted by atomic mass is 10.2. The standard InChI is InChI=1S/C15H16BrN5OS2/c1-2-3-7-12-18-13(22-21-12)9-23-15-20-19-14(24-15)17-11-6-4-5-10(16)8-11/h4-6,8H,2-3,7,9H2,1H3,(H,17,19). The molecule has 0 bridgehead atoms. The zero-order valence-corrected chi connectivity index (χ0v) is 16.2. The number of rotatable bonds is 8. The van der Waals surface area contributed by atoms with Crippen molar-refractivity contribution in [2.75, 3.05) is 5.32 Å². The highest BCUT2D eigenvalue weighted by Crippen LogP contribution is 2.30. The Bertz CT molecular complexity index is 792. The molecule has 2 heterocycles. The molecule has 0 saturated carbocycles. The number of nitrogens with one attached hydrogen (secondary N) is 1. The third-order valence-corrected chi connectivity index (χ3v) is 5.52. The van der Waals surface area contributed by atoms with Crippen LogP contribution in [0.3, 0.4) is 0 Å². The summed E-state index contributed by atoms with van der Waals surface area (Å²) < 4.78 is 7.13. The van der Waals surface area contributed by atoms with Crippen LogP contribution in [0.1, 0.15) is 31.5 Å². The quantitative estimate of drug-likeness (QED) is 0.505. The summed E-state index contributed by atoms with van der Waals surface area (Å²) in [5.74, 6) is 2.01. The molecular formula is C15H16BrN5OS2. The number of aryl methyl sites for hydroxylation is 1. The van der Waals surface area contributed by atoms with E-state index < -0.39 is 0 Å². The second kappa shape index (κ2) is 8.59. The first-order valence-electron chi connectivity index (χ1n) is 7.53. The minimum absolute atomic E-state index is 0.602. The minimum Gasteiger partial charge on any atom is -0.338 e. The fourth-order valence-corrected chi connectivity index (χ4v) is 3.93. The molecule has 0 spiro atoms. The van der Waals surface area contributed by atoms with Crippen LogP contribution in [0.2, 0.25) is 0 Å². The molecule has 0 aliphatic heterocycles. The first kappa shape index (κ1) is 17.4. The Morgan fingerprint density at radius 3 is 3.08 bits per heavy atom. The van der Waals surface area contributed by atoms with Gasteiger partial charge in [0.05, 0.1) is 5.75 Å². The Hall–Kier alpha value is -1.45. The fourth-order valence-electron chi connectivity index (χ4n) is 1.92. The Morgan fingerprint density at radius 1 is 1.33 bits per heavy atom. The molecule has 6 nitrogen and oxygen atoms in total. The average molecular weight is 426 g/mol. The van der Waals surface area contributed by atoms with Gasteiger partial charge >= 0.3 is 0 Å². The number of aromatic nitrogens is 4. The molecule has 126 valence electrons. The van der Waals surface area contributed by atoms with Crippen LogP contribution in [0.15, 0.2) is 37.6 Å². The van der Waals surface area contributed by atoms with E-state index in [-0.39, 0.29) is 0 Å².